The predicted octanol–water partition coefficient (Wildman–Crippen LogP) is 2.81. The van der Waals surface area contributed by atoms with E-state index in [2.05, 4.69) is 10.0 Å². The summed E-state index contributed by atoms with van der Waals surface area (Å²) in [6, 6.07) is 9.57. The molecule has 1 atom stereocenters. The summed E-state index contributed by atoms with van der Waals surface area (Å²) < 4.78 is 40.5. The van der Waals surface area contributed by atoms with Gasteiger partial charge in [0.1, 0.15) is 5.82 Å². The molecule has 0 aromatic heterocycles. The number of benzene rings is 2. The second-order valence-corrected chi connectivity index (χ2v) is 8.52. The molecule has 9 heteroatoms. The van der Waals surface area contributed by atoms with Gasteiger partial charge in [0.25, 0.3) is 5.91 Å². The molecule has 0 aliphatic heterocycles. The zero-order valence-electron chi connectivity index (χ0n) is 15.9. The topological polar surface area (TPSA) is 78.5 Å². The maximum Gasteiger partial charge on any atom is 0.251 e. The maximum atomic E-state index is 14.2. The van der Waals surface area contributed by atoms with Crippen molar-refractivity contribution in [3.63, 3.8) is 0 Å². The fourth-order valence-electron chi connectivity index (χ4n) is 2.72. The van der Waals surface area contributed by atoms with Gasteiger partial charge in [0, 0.05) is 29.2 Å². The SMILES string of the molecule is CCNS(=O)(=O)c1ccc(C(=O)NCC(c2c(F)cccc2Cl)N(C)C)cc1. The summed E-state index contributed by atoms with van der Waals surface area (Å²) in [5.41, 5.74) is 0.606. The molecule has 2 N–H and O–H groups in total. The largest absolute Gasteiger partial charge is 0.350 e. The van der Waals surface area contributed by atoms with Crippen LogP contribution < -0.4 is 10.0 Å². The van der Waals surface area contributed by atoms with Gasteiger partial charge in [0.15, 0.2) is 0 Å². The van der Waals surface area contributed by atoms with E-state index >= 15 is 0 Å². The van der Waals surface area contributed by atoms with Crippen LogP contribution in [0, 0.1) is 5.82 Å². The molecule has 0 aliphatic carbocycles. The highest BCUT2D eigenvalue weighted by molar-refractivity contribution is 7.89. The van der Waals surface area contributed by atoms with E-state index in [9.17, 15) is 17.6 Å². The first-order chi connectivity index (χ1) is 13.2. The Morgan fingerprint density at radius 2 is 1.82 bits per heavy atom. The van der Waals surface area contributed by atoms with Crippen LogP contribution in [0.3, 0.4) is 0 Å². The Morgan fingerprint density at radius 3 is 2.36 bits per heavy atom. The molecule has 2 aromatic carbocycles. The lowest BCUT2D eigenvalue weighted by molar-refractivity contribution is 0.0941. The normalized spacial score (nSPS) is 12.8. The number of carbonyl (C=O) groups excluding carboxylic acids is 1. The first-order valence-corrected chi connectivity index (χ1v) is 10.5. The third-order valence-electron chi connectivity index (χ3n) is 4.17. The van der Waals surface area contributed by atoms with Gasteiger partial charge in [-0.15, -0.1) is 0 Å². The molecule has 0 spiro atoms. The average molecular weight is 428 g/mol. The molecule has 2 rings (SSSR count). The molecule has 0 bridgehead atoms. The van der Waals surface area contributed by atoms with E-state index in [1.165, 1.54) is 36.4 Å². The van der Waals surface area contributed by atoms with E-state index in [-0.39, 0.29) is 23.0 Å². The fraction of sp³-hybridized carbons (Fsp3) is 0.316. The van der Waals surface area contributed by atoms with Crippen molar-refractivity contribution in [3.05, 3.63) is 64.4 Å². The zero-order chi connectivity index (χ0) is 20.9. The molecule has 0 saturated heterocycles. The Balaban J connectivity index is 2.13. The number of sulfonamides is 1. The van der Waals surface area contributed by atoms with Crippen LogP contribution in [-0.4, -0.2) is 46.4 Å². The summed E-state index contributed by atoms with van der Waals surface area (Å²) in [5, 5.41) is 3.03. The summed E-state index contributed by atoms with van der Waals surface area (Å²) in [7, 11) is -0.0523. The lowest BCUT2D eigenvalue weighted by Gasteiger charge is -2.26. The van der Waals surface area contributed by atoms with Gasteiger partial charge in [-0.25, -0.2) is 17.5 Å². The minimum absolute atomic E-state index is 0.0789. The van der Waals surface area contributed by atoms with Crippen LogP contribution in [0.15, 0.2) is 47.4 Å². The number of nitrogens with zero attached hydrogens (tertiary/aromatic N) is 1. The number of rotatable bonds is 8. The standard InChI is InChI=1S/C19H23ClFN3O3S/c1-4-23-28(26,27)14-10-8-13(9-11-14)19(25)22-12-17(24(2)3)18-15(20)6-5-7-16(18)21/h5-11,17,23H,4,12H2,1-3H3,(H,22,25). The molecule has 0 heterocycles. The van der Waals surface area contributed by atoms with E-state index in [0.29, 0.717) is 11.1 Å². The average Bonchev–Trinajstić information content (AvgIpc) is 2.63. The Hall–Kier alpha value is -2.00. The van der Waals surface area contributed by atoms with Crippen LogP contribution >= 0.6 is 11.6 Å². The third kappa shape index (κ3) is 5.29. The second-order valence-electron chi connectivity index (χ2n) is 6.35. The van der Waals surface area contributed by atoms with Gasteiger partial charge in [0.05, 0.1) is 10.9 Å². The van der Waals surface area contributed by atoms with Gasteiger partial charge in [-0.3, -0.25) is 4.79 Å². The Kier molecular flexibility index (Phi) is 7.54. The highest BCUT2D eigenvalue weighted by Crippen LogP contribution is 2.28. The molecule has 0 saturated carbocycles. The first-order valence-electron chi connectivity index (χ1n) is 8.65. The molecule has 1 amide bonds. The van der Waals surface area contributed by atoms with E-state index < -0.39 is 27.8 Å². The third-order valence-corrected chi connectivity index (χ3v) is 6.06. The molecule has 0 radical (unpaired) electrons. The minimum Gasteiger partial charge on any atom is -0.350 e. The Labute approximate surface area is 169 Å². The van der Waals surface area contributed by atoms with E-state index in [1.807, 2.05) is 0 Å². The molecule has 0 aliphatic rings. The number of hydrogen-bond donors (Lipinski definition) is 2. The summed E-state index contributed by atoms with van der Waals surface area (Å²) >= 11 is 6.14. The van der Waals surface area contributed by atoms with Gasteiger partial charge in [0.2, 0.25) is 10.0 Å². The van der Waals surface area contributed by atoms with Gasteiger partial charge in [-0.2, -0.15) is 0 Å². The fourth-order valence-corrected chi connectivity index (χ4v) is 4.05. The van der Waals surface area contributed by atoms with E-state index in [1.54, 1.807) is 32.0 Å². The van der Waals surface area contributed by atoms with Crippen LogP contribution in [0.25, 0.3) is 0 Å². The monoisotopic (exact) mass is 427 g/mol. The molecular weight excluding hydrogens is 405 g/mol. The van der Waals surface area contributed by atoms with Gasteiger partial charge in [-0.1, -0.05) is 24.6 Å². The molecule has 2 aromatic rings. The van der Waals surface area contributed by atoms with Crippen LogP contribution in [0.5, 0.6) is 0 Å². The highest BCUT2D eigenvalue weighted by Gasteiger charge is 2.22. The van der Waals surface area contributed by atoms with Gasteiger partial charge >= 0.3 is 0 Å². The number of halogens is 2. The van der Waals surface area contributed by atoms with Crippen LogP contribution in [0.4, 0.5) is 4.39 Å². The molecule has 6 nitrogen and oxygen atoms in total. The summed E-state index contributed by atoms with van der Waals surface area (Å²) in [5.74, 6) is -0.842. The first kappa shape index (κ1) is 22.3. The molecule has 1 unspecified atom stereocenters. The lowest BCUT2D eigenvalue weighted by Crippen LogP contribution is -2.35. The number of amides is 1. The smallest absolute Gasteiger partial charge is 0.251 e. The van der Waals surface area contributed by atoms with Crippen LogP contribution in [0.1, 0.15) is 28.9 Å². The van der Waals surface area contributed by atoms with Gasteiger partial charge < -0.3 is 10.2 Å². The molecule has 152 valence electrons. The number of likely N-dealkylation sites (N-methyl/N-ethyl adjacent to an activating group) is 1. The predicted molar refractivity (Wildman–Crippen MR) is 107 cm³/mol. The van der Waals surface area contributed by atoms with Crippen LogP contribution in [0.2, 0.25) is 5.02 Å². The zero-order valence-corrected chi connectivity index (χ0v) is 17.4. The Morgan fingerprint density at radius 1 is 1.18 bits per heavy atom. The Bertz CT molecular complexity index is 914. The van der Waals surface area contributed by atoms with E-state index in [0.717, 1.165) is 0 Å². The van der Waals surface area contributed by atoms with Crippen molar-refractivity contribution in [2.24, 2.45) is 0 Å². The van der Waals surface area contributed by atoms with Crippen molar-refractivity contribution in [3.8, 4) is 0 Å². The number of nitrogens with one attached hydrogen (secondary N) is 2. The quantitative estimate of drug-likeness (QED) is 0.679. The number of hydrogen-bond acceptors (Lipinski definition) is 4. The highest BCUT2D eigenvalue weighted by atomic mass is 35.5. The van der Waals surface area contributed by atoms with Crippen molar-refractivity contribution in [2.45, 2.75) is 17.9 Å². The number of carbonyl (C=O) groups is 1. The molecule has 28 heavy (non-hydrogen) atoms. The second kappa shape index (κ2) is 9.47. The summed E-state index contributed by atoms with van der Waals surface area (Å²) in [6.07, 6.45) is 0. The molecule has 0 fully saturated rings. The van der Waals surface area contributed by atoms with E-state index in [4.69, 9.17) is 11.6 Å². The van der Waals surface area contributed by atoms with Crippen molar-refractivity contribution in [1.29, 1.82) is 0 Å². The van der Waals surface area contributed by atoms with Gasteiger partial charge in [-0.05, 0) is 50.5 Å². The van der Waals surface area contributed by atoms with Crippen molar-refractivity contribution >= 4 is 27.5 Å². The lowest BCUT2D eigenvalue weighted by atomic mass is 10.0. The summed E-state index contributed by atoms with van der Waals surface area (Å²) in [6.45, 7) is 2.08. The van der Waals surface area contributed by atoms with Crippen molar-refractivity contribution in [1.82, 2.24) is 14.9 Å². The molecular formula is C19H23ClFN3O3S. The minimum atomic E-state index is -3.58. The van der Waals surface area contributed by atoms with Crippen molar-refractivity contribution < 1.29 is 17.6 Å². The van der Waals surface area contributed by atoms with Crippen molar-refractivity contribution in [2.75, 3.05) is 27.2 Å². The maximum absolute atomic E-state index is 14.2. The summed E-state index contributed by atoms with van der Waals surface area (Å²) in [4.78, 5) is 14.3. The van der Waals surface area contributed by atoms with Crippen LogP contribution in [-0.2, 0) is 10.0 Å².